The van der Waals surface area contributed by atoms with Crippen LogP contribution < -0.4 is 34.5 Å². The maximum absolute atomic E-state index is 10.8. The van der Waals surface area contributed by atoms with Gasteiger partial charge in [0.25, 0.3) is 0 Å². The van der Waals surface area contributed by atoms with Gasteiger partial charge >= 0.3 is 29.6 Å². The standard InChI is InChI=1S/C14H16ClNO3S3.Na/c1-2-11(20)9-14-16(6-3-7-22(17,18)19)12-8-10(15)4-5-13(12)21-14;/h4-5,8-9H,2-3,6-7H2,1H3,(H,17,18,19);/q;+1/p-1/b14-9-;. The van der Waals surface area contributed by atoms with Crippen LogP contribution in [0.2, 0.25) is 5.02 Å². The number of hydrogen-bond acceptors (Lipinski definition) is 6. The third-order valence-corrected chi connectivity index (χ3v) is 5.64. The van der Waals surface area contributed by atoms with Crippen molar-refractivity contribution in [2.24, 2.45) is 0 Å². The summed E-state index contributed by atoms with van der Waals surface area (Å²) in [6, 6.07) is 5.58. The van der Waals surface area contributed by atoms with E-state index in [9.17, 15) is 13.0 Å². The van der Waals surface area contributed by atoms with Gasteiger partial charge in [-0.3, -0.25) is 0 Å². The smallest absolute Gasteiger partial charge is 0.748 e. The fraction of sp³-hybridized carbons (Fsp3) is 0.357. The van der Waals surface area contributed by atoms with Crippen LogP contribution in [0, 0.1) is 0 Å². The minimum absolute atomic E-state index is 0. The van der Waals surface area contributed by atoms with Crippen molar-refractivity contribution in [3.8, 4) is 0 Å². The van der Waals surface area contributed by atoms with Crippen molar-refractivity contribution in [3.05, 3.63) is 34.3 Å². The zero-order chi connectivity index (χ0) is 16.3. The van der Waals surface area contributed by atoms with E-state index in [1.54, 1.807) is 11.8 Å². The largest absolute Gasteiger partial charge is 1.00 e. The maximum atomic E-state index is 10.8. The molecule has 0 atom stereocenters. The summed E-state index contributed by atoms with van der Waals surface area (Å²) in [4.78, 5) is 3.83. The minimum atomic E-state index is -4.20. The van der Waals surface area contributed by atoms with E-state index in [0.29, 0.717) is 11.6 Å². The van der Waals surface area contributed by atoms with Gasteiger partial charge in [0.05, 0.1) is 20.8 Å². The summed E-state index contributed by atoms with van der Waals surface area (Å²) in [5.74, 6) is -0.379. The molecule has 0 unspecified atom stereocenters. The van der Waals surface area contributed by atoms with Crippen molar-refractivity contribution in [2.75, 3.05) is 17.2 Å². The van der Waals surface area contributed by atoms with Gasteiger partial charge in [0, 0.05) is 27.1 Å². The van der Waals surface area contributed by atoms with Crippen molar-refractivity contribution in [1.82, 2.24) is 0 Å². The topological polar surface area (TPSA) is 60.4 Å². The number of fused-ring (bicyclic) bond motifs is 1. The molecule has 4 nitrogen and oxygen atoms in total. The quantitative estimate of drug-likeness (QED) is 0.305. The molecular formula is C14H15ClNNaO3S3. The number of benzene rings is 1. The molecule has 0 spiro atoms. The number of nitrogens with zero attached hydrogens (tertiary/aromatic N) is 1. The number of hydrogen-bond donors (Lipinski definition) is 0. The van der Waals surface area contributed by atoms with E-state index in [0.717, 1.165) is 26.9 Å². The monoisotopic (exact) mass is 399 g/mol. The fourth-order valence-corrected chi connectivity index (χ4v) is 4.02. The average Bonchev–Trinajstić information content (AvgIpc) is 2.75. The van der Waals surface area contributed by atoms with Gasteiger partial charge < -0.3 is 9.45 Å². The van der Waals surface area contributed by atoms with Crippen molar-refractivity contribution in [3.63, 3.8) is 0 Å². The Morgan fingerprint density at radius 2 is 2.17 bits per heavy atom. The van der Waals surface area contributed by atoms with E-state index in [1.807, 2.05) is 36.1 Å². The summed E-state index contributed by atoms with van der Waals surface area (Å²) in [5, 5.41) is 1.55. The Bertz CT molecular complexity index is 722. The molecule has 0 saturated heterocycles. The van der Waals surface area contributed by atoms with E-state index >= 15 is 0 Å². The molecule has 9 heteroatoms. The van der Waals surface area contributed by atoms with E-state index in [1.165, 1.54) is 0 Å². The Morgan fingerprint density at radius 1 is 1.48 bits per heavy atom. The van der Waals surface area contributed by atoms with Crippen LogP contribution in [-0.2, 0) is 10.1 Å². The van der Waals surface area contributed by atoms with Crippen molar-refractivity contribution in [2.45, 2.75) is 24.7 Å². The zero-order valence-corrected chi connectivity index (χ0v) is 18.1. The summed E-state index contributed by atoms with van der Waals surface area (Å²) in [6.07, 6.45) is 2.94. The number of allylic oxidation sites excluding steroid dienone is 1. The molecule has 2 rings (SSSR count). The summed E-state index contributed by atoms with van der Waals surface area (Å²) in [6.45, 7) is 2.41. The van der Waals surface area contributed by atoms with E-state index in [-0.39, 0.29) is 41.7 Å². The summed E-state index contributed by atoms with van der Waals surface area (Å²) in [5.41, 5.74) is 0.922. The van der Waals surface area contributed by atoms with Gasteiger partial charge in [-0.1, -0.05) is 42.5 Å². The van der Waals surface area contributed by atoms with Crippen molar-refractivity contribution < 1.29 is 42.5 Å². The van der Waals surface area contributed by atoms with Crippen LogP contribution in [0.3, 0.4) is 0 Å². The second-order valence-electron chi connectivity index (χ2n) is 4.78. The molecule has 0 radical (unpaired) electrons. The van der Waals surface area contributed by atoms with Crippen molar-refractivity contribution >= 4 is 56.3 Å². The molecule has 0 bridgehead atoms. The normalized spacial score (nSPS) is 15.4. The molecule has 0 aromatic heterocycles. The first-order valence-corrected chi connectivity index (χ1v) is 9.91. The number of thiocarbonyl (C=S) groups is 1. The van der Waals surface area contributed by atoms with Gasteiger partial charge in [0.2, 0.25) is 0 Å². The van der Waals surface area contributed by atoms with Gasteiger partial charge in [-0.25, -0.2) is 8.42 Å². The summed E-state index contributed by atoms with van der Waals surface area (Å²) >= 11 is 12.9. The van der Waals surface area contributed by atoms with Crippen molar-refractivity contribution in [1.29, 1.82) is 0 Å². The van der Waals surface area contributed by atoms with Crippen LogP contribution in [0.1, 0.15) is 19.8 Å². The Hall–Kier alpha value is 0.400. The molecule has 0 fully saturated rings. The Labute approximate surface area is 173 Å². The Morgan fingerprint density at radius 3 is 2.78 bits per heavy atom. The molecule has 1 heterocycles. The van der Waals surface area contributed by atoms with Gasteiger partial charge in [0.1, 0.15) is 0 Å². The van der Waals surface area contributed by atoms with E-state index in [4.69, 9.17) is 23.8 Å². The van der Waals surface area contributed by atoms with E-state index < -0.39 is 10.1 Å². The van der Waals surface area contributed by atoms with Crippen LogP contribution >= 0.6 is 35.6 Å². The van der Waals surface area contributed by atoms with Crippen LogP contribution in [0.25, 0.3) is 0 Å². The van der Waals surface area contributed by atoms with Gasteiger partial charge in [-0.05, 0) is 37.1 Å². The Balaban J connectivity index is 0.00000264. The van der Waals surface area contributed by atoms with Crippen LogP contribution in [0.5, 0.6) is 0 Å². The first kappa shape index (κ1) is 21.4. The second-order valence-corrected chi connectivity index (χ2v) is 8.33. The third kappa shape index (κ3) is 6.32. The number of rotatable bonds is 6. The summed E-state index contributed by atoms with van der Waals surface area (Å²) in [7, 11) is -4.20. The molecule has 0 aliphatic carbocycles. The molecule has 1 aromatic rings. The van der Waals surface area contributed by atoms with Gasteiger partial charge in [-0.15, -0.1) is 0 Å². The summed E-state index contributed by atoms with van der Waals surface area (Å²) < 4.78 is 32.3. The minimum Gasteiger partial charge on any atom is -0.748 e. The molecule has 0 N–H and O–H groups in total. The zero-order valence-electron chi connectivity index (χ0n) is 12.9. The first-order valence-electron chi connectivity index (χ1n) is 6.73. The molecule has 0 amide bonds. The second kappa shape index (κ2) is 9.20. The van der Waals surface area contributed by atoms with Crippen LogP contribution in [-0.4, -0.2) is 30.1 Å². The number of anilines is 1. The molecule has 1 aromatic carbocycles. The first-order chi connectivity index (χ1) is 10.3. The molecule has 23 heavy (non-hydrogen) atoms. The van der Waals surface area contributed by atoms with Crippen LogP contribution in [0.4, 0.5) is 5.69 Å². The van der Waals surface area contributed by atoms with Gasteiger partial charge in [0.15, 0.2) is 0 Å². The predicted octanol–water partition coefficient (Wildman–Crippen LogP) is 0.813. The maximum Gasteiger partial charge on any atom is 1.00 e. The van der Waals surface area contributed by atoms with E-state index in [2.05, 4.69) is 0 Å². The third-order valence-electron chi connectivity index (χ3n) is 3.10. The average molecular weight is 400 g/mol. The Kier molecular flexibility index (Phi) is 8.57. The molecule has 1 aliphatic heterocycles. The van der Waals surface area contributed by atoms with Gasteiger partial charge in [-0.2, -0.15) is 0 Å². The molecular weight excluding hydrogens is 385 g/mol. The van der Waals surface area contributed by atoms with Crippen LogP contribution in [0.15, 0.2) is 34.2 Å². The SMILES string of the molecule is CCC(=S)/C=C1\Sc2ccc(Cl)cc2N1CCCS(=O)(=O)[O-].[Na+]. The fourth-order valence-electron chi connectivity index (χ4n) is 2.05. The molecule has 0 saturated carbocycles. The number of thioether (sulfide) groups is 1. The predicted molar refractivity (Wildman–Crippen MR) is 94.8 cm³/mol. The number of halogens is 1. The molecule has 1 aliphatic rings. The molecule has 120 valence electrons.